The lowest BCUT2D eigenvalue weighted by Gasteiger charge is -2.34. The summed E-state index contributed by atoms with van der Waals surface area (Å²) in [5.41, 5.74) is 0.856. The van der Waals surface area contributed by atoms with E-state index in [4.69, 9.17) is 0 Å². The third-order valence-electron chi connectivity index (χ3n) is 3.82. The van der Waals surface area contributed by atoms with E-state index in [0.29, 0.717) is 6.54 Å². The van der Waals surface area contributed by atoms with Crippen LogP contribution in [-0.4, -0.2) is 48.5 Å². The van der Waals surface area contributed by atoms with Crippen LogP contribution in [-0.2, 0) is 4.79 Å². The molecule has 23 heavy (non-hydrogen) atoms. The van der Waals surface area contributed by atoms with E-state index in [1.165, 1.54) is 0 Å². The van der Waals surface area contributed by atoms with Gasteiger partial charge in [-0.05, 0) is 52.9 Å². The molecule has 3 rings (SSSR count). The molecule has 6 heteroatoms. The Kier molecular flexibility index (Phi) is 5.45. The van der Waals surface area contributed by atoms with Gasteiger partial charge in [0.25, 0.3) is 0 Å². The molecule has 0 bridgehead atoms. The summed E-state index contributed by atoms with van der Waals surface area (Å²) >= 11 is 2.24. The number of amides is 1. The van der Waals surface area contributed by atoms with Gasteiger partial charge in [-0.3, -0.25) is 9.69 Å². The van der Waals surface area contributed by atoms with Gasteiger partial charge in [-0.25, -0.2) is 4.98 Å². The zero-order valence-electron chi connectivity index (χ0n) is 12.8. The summed E-state index contributed by atoms with van der Waals surface area (Å²) < 4.78 is 1.12. The predicted molar refractivity (Wildman–Crippen MR) is 101 cm³/mol. The van der Waals surface area contributed by atoms with Crippen molar-refractivity contribution in [2.24, 2.45) is 0 Å². The molecule has 1 N–H and O–H groups in total. The number of hydrogen-bond donors (Lipinski definition) is 1. The normalized spacial score (nSPS) is 15.4. The minimum absolute atomic E-state index is 0.0401. The molecule has 1 aliphatic rings. The average molecular weight is 422 g/mol. The number of rotatable bonds is 4. The Morgan fingerprint density at radius 1 is 1.13 bits per heavy atom. The van der Waals surface area contributed by atoms with Crippen molar-refractivity contribution in [3.8, 4) is 0 Å². The quantitative estimate of drug-likeness (QED) is 0.770. The third-order valence-corrected chi connectivity index (χ3v) is 4.49. The maximum absolute atomic E-state index is 12.2. The number of anilines is 2. The van der Waals surface area contributed by atoms with Gasteiger partial charge in [0.2, 0.25) is 5.91 Å². The number of hydrogen-bond acceptors (Lipinski definition) is 4. The molecule has 2 heterocycles. The summed E-state index contributed by atoms with van der Waals surface area (Å²) in [5.74, 6) is 1.05. The molecule has 2 aromatic rings. The molecule has 0 spiro atoms. The van der Waals surface area contributed by atoms with Crippen molar-refractivity contribution in [3.05, 3.63) is 52.2 Å². The molecule has 0 unspecified atom stereocenters. The van der Waals surface area contributed by atoms with Gasteiger partial charge < -0.3 is 10.2 Å². The van der Waals surface area contributed by atoms with E-state index in [1.54, 1.807) is 0 Å². The first kappa shape index (κ1) is 16.2. The van der Waals surface area contributed by atoms with Crippen molar-refractivity contribution >= 4 is 40.0 Å². The third kappa shape index (κ3) is 4.65. The molecule has 1 aliphatic heterocycles. The number of carbonyl (C=O) groups is 1. The van der Waals surface area contributed by atoms with Gasteiger partial charge in [-0.15, -0.1) is 0 Å². The van der Waals surface area contributed by atoms with Crippen LogP contribution in [0.25, 0.3) is 0 Å². The lowest BCUT2D eigenvalue weighted by molar-refractivity contribution is -0.117. The summed E-state index contributed by atoms with van der Waals surface area (Å²) in [5, 5.41) is 2.96. The van der Waals surface area contributed by atoms with Gasteiger partial charge in [0.15, 0.2) is 0 Å². The van der Waals surface area contributed by atoms with Crippen LogP contribution in [0.3, 0.4) is 0 Å². The maximum atomic E-state index is 12.2. The van der Waals surface area contributed by atoms with Crippen LogP contribution < -0.4 is 10.2 Å². The van der Waals surface area contributed by atoms with Gasteiger partial charge in [0, 0.05) is 41.6 Å². The fraction of sp³-hybridized carbons (Fsp3) is 0.294. The molecule has 5 nitrogen and oxygen atoms in total. The first-order valence-electron chi connectivity index (χ1n) is 7.64. The summed E-state index contributed by atoms with van der Waals surface area (Å²) in [6, 6.07) is 13.8. The second-order valence-corrected chi connectivity index (χ2v) is 6.76. The molecular weight excluding hydrogens is 403 g/mol. The van der Waals surface area contributed by atoms with E-state index in [-0.39, 0.29) is 5.91 Å². The minimum Gasteiger partial charge on any atom is -0.354 e. The van der Waals surface area contributed by atoms with Gasteiger partial charge in [0.05, 0.1) is 6.54 Å². The van der Waals surface area contributed by atoms with Gasteiger partial charge in [-0.1, -0.05) is 12.1 Å². The minimum atomic E-state index is 0.0401. The molecule has 0 atom stereocenters. The van der Waals surface area contributed by atoms with E-state index < -0.39 is 0 Å². The standard InChI is InChI=1S/C17H19IN4O/c18-14-4-3-5-15(12-14)20-17(23)13-21-8-10-22(11-9-21)16-6-1-2-7-19-16/h1-7,12H,8-11,13H2,(H,20,23). The van der Waals surface area contributed by atoms with Crippen LogP contribution >= 0.6 is 22.6 Å². The lowest BCUT2D eigenvalue weighted by Crippen LogP contribution is -2.48. The molecule has 1 aromatic carbocycles. The number of benzene rings is 1. The Balaban J connectivity index is 1.48. The van der Waals surface area contributed by atoms with Crippen molar-refractivity contribution in [2.45, 2.75) is 0 Å². The van der Waals surface area contributed by atoms with E-state index >= 15 is 0 Å². The second-order valence-electron chi connectivity index (χ2n) is 5.51. The zero-order valence-corrected chi connectivity index (χ0v) is 14.9. The largest absolute Gasteiger partial charge is 0.354 e. The van der Waals surface area contributed by atoms with Crippen LogP contribution in [0.4, 0.5) is 11.5 Å². The van der Waals surface area contributed by atoms with E-state index in [0.717, 1.165) is 41.3 Å². The molecule has 120 valence electrons. The topological polar surface area (TPSA) is 48.5 Å². The Hall–Kier alpha value is -1.67. The fourth-order valence-corrected chi connectivity index (χ4v) is 3.19. The van der Waals surface area contributed by atoms with Crippen molar-refractivity contribution in [1.29, 1.82) is 0 Å². The number of nitrogens with zero attached hydrogens (tertiary/aromatic N) is 3. The van der Waals surface area contributed by atoms with Gasteiger partial charge in [-0.2, -0.15) is 0 Å². The first-order chi connectivity index (χ1) is 11.2. The molecule has 1 saturated heterocycles. The Morgan fingerprint density at radius 3 is 2.65 bits per heavy atom. The van der Waals surface area contributed by atoms with Crippen molar-refractivity contribution in [2.75, 3.05) is 42.9 Å². The summed E-state index contributed by atoms with van der Waals surface area (Å²) in [6.45, 7) is 3.97. The summed E-state index contributed by atoms with van der Waals surface area (Å²) in [7, 11) is 0. The molecule has 0 aliphatic carbocycles. The average Bonchev–Trinajstić information content (AvgIpc) is 2.56. The first-order valence-corrected chi connectivity index (χ1v) is 8.72. The Bertz CT molecular complexity index is 657. The van der Waals surface area contributed by atoms with Crippen molar-refractivity contribution < 1.29 is 4.79 Å². The number of piperazine rings is 1. The SMILES string of the molecule is O=C(CN1CCN(c2ccccn2)CC1)Nc1cccc(I)c1. The zero-order chi connectivity index (χ0) is 16.1. The monoisotopic (exact) mass is 422 g/mol. The Labute approximate surface area is 149 Å². The molecular formula is C17H19IN4O. The smallest absolute Gasteiger partial charge is 0.238 e. The van der Waals surface area contributed by atoms with Crippen molar-refractivity contribution in [3.63, 3.8) is 0 Å². The van der Waals surface area contributed by atoms with E-state index in [1.807, 2.05) is 48.7 Å². The van der Waals surface area contributed by atoms with Crippen LogP contribution in [0.15, 0.2) is 48.7 Å². The molecule has 1 amide bonds. The number of nitrogens with one attached hydrogen (secondary N) is 1. The molecule has 1 aromatic heterocycles. The Morgan fingerprint density at radius 2 is 1.96 bits per heavy atom. The number of carbonyl (C=O) groups excluding carboxylic acids is 1. The summed E-state index contributed by atoms with van der Waals surface area (Å²) in [4.78, 5) is 21.0. The van der Waals surface area contributed by atoms with E-state index in [2.05, 4.69) is 42.7 Å². The van der Waals surface area contributed by atoms with Crippen molar-refractivity contribution in [1.82, 2.24) is 9.88 Å². The fourth-order valence-electron chi connectivity index (χ4n) is 2.65. The second kappa shape index (κ2) is 7.74. The molecule has 1 fully saturated rings. The summed E-state index contributed by atoms with van der Waals surface area (Å²) in [6.07, 6.45) is 1.82. The van der Waals surface area contributed by atoms with Crippen LogP contribution in [0.5, 0.6) is 0 Å². The molecule has 0 radical (unpaired) electrons. The molecule has 0 saturated carbocycles. The highest BCUT2D eigenvalue weighted by molar-refractivity contribution is 14.1. The highest BCUT2D eigenvalue weighted by Gasteiger charge is 2.19. The highest BCUT2D eigenvalue weighted by atomic mass is 127. The predicted octanol–water partition coefficient (Wildman–Crippen LogP) is 2.45. The number of pyridine rings is 1. The van der Waals surface area contributed by atoms with Gasteiger partial charge in [0.1, 0.15) is 5.82 Å². The van der Waals surface area contributed by atoms with Crippen LogP contribution in [0, 0.1) is 3.57 Å². The lowest BCUT2D eigenvalue weighted by atomic mass is 10.3. The van der Waals surface area contributed by atoms with Crippen LogP contribution in [0.1, 0.15) is 0 Å². The van der Waals surface area contributed by atoms with Crippen LogP contribution in [0.2, 0.25) is 0 Å². The maximum Gasteiger partial charge on any atom is 0.238 e. The van der Waals surface area contributed by atoms with Gasteiger partial charge >= 0.3 is 0 Å². The van der Waals surface area contributed by atoms with E-state index in [9.17, 15) is 4.79 Å². The number of aromatic nitrogens is 1. The highest BCUT2D eigenvalue weighted by Crippen LogP contribution is 2.14. The number of halogens is 1.